The number of benzene rings is 2. The van der Waals surface area contributed by atoms with Crippen LogP contribution in [-0.4, -0.2) is 24.6 Å². The van der Waals surface area contributed by atoms with Crippen molar-refractivity contribution >= 4 is 17.6 Å². The van der Waals surface area contributed by atoms with Crippen LogP contribution in [0.1, 0.15) is 53.6 Å². The summed E-state index contributed by atoms with van der Waals surface area (Å²) in [6, 6.07) is 12.6. The smallest absolute Gasteiger partial charge is 0.338 e. The molecular formula is C23H27NO4. The lowest BCUT2D eigenvalue weighted by molar-refractivity contribution is -0.118. The predicted molar refractivity (Wildman–Crippen MR) is 109 cm³/mol. The van der Waals surface area contributed by atoms with Crippen molar-refractivity contribution in [3.05, 3.63) is 59.2 Å². The quantitative estimate of drug-likeness (QED) is 0.729. The van der Waals surface area contributed by atoms with Gasteiger partial charge in [0.1, 0.15) is 11.9 Å². The zero-order chi connectivity index (χ0) is 19.9. The number of hydrogen-bond donors (Lipinski definition) is 1. The van der Waals surface area contributed by atoms with Crippen LogP contribution in [0, 0.1) is 13.8 Å². The zero-order valence-corrected chi connectivity index (χ0v) is 16.5. The van der Waals surface area contributed by atoms with E-state index in [0.717, 1.165) is 42.6 Å². The fourth-order valence-corrected chi connectivity index (χ4v) is 3.45. The molecule has 1 aliphatic rings. The zero-order valence-electron chi connectivity index (χ0n) is 16.5. The maximum atomic E-state index is 12.2. The third-order valence-corrected chi connectivity index (χ3v) is 4.99. The Hall–Kier alpha value is -2.82. The van der Waals surface area contributed by atoms with Crippen molar-refractivity contribution < 1.29 is 19.1 Å². The van der Waals surface area contributed by atoms with Crippen LogP contribution in [-0.2, 0) is 9.53 Å². The van der Waals surface area contributed by atoms with Crippen molar-refractivity contribution in [1.82, 2.24) is 0 Å². The Balaban J connectivity index is 1.50. The molecule has 0 heterocycles. The molecule has 1 aliphatic carbocycles. The number of amides is 1. The normalized spacial score (nSPS) is 14.4. The summed E-state index contributed by atoms with van der Waals surface area (Å²) in [5.41, 5.74) is 3.10. The lowest BCUT2D eigenvalue weighted by Gasteiger charge is -2.21. The van der Waals surface area contributed by atoms with Gasteiger partial charge in [-0.2, -0.15) is 0 Å². The molecule has 0 spiro atoms. The average Bonchev–Trinajstić information content (AvgIpc) is 2.69. The summed E-state index contributed by atoms with van der Waals surface area (Å²) in [6.45, 7) is 3.83. The van der Waals surface area contributed by atoms with Gasteiger partial charge in [0.2, 0.25) is 0 Å². The van der Waals surface area contributed by atoms with E-state index in [2.05, 4.69) is 5.32 Å². The van der Waals surface area contributed by atoms with Crippen molar-refractivity contribution in [2.24, 2.45) is 0 Å². The Labute approximate surface area is 166 Å². The van der Waals surface area contributed by atoms with Gasteiger partial charge < -0.3 is 14.8 Å². The molecule has 5 heteroatoms. The minimum absolute atomic E-state index is 0.0303. The van der Waals surface area contributed by atoms with Crippen molar-refractivity contribution in [1.29, 1.82) is 0 Å². The van der Waals surface area contributed by atoms with E-state index in [-0.39, 0.29) is 24.6 Å². The number of esters is 1. The van der Waals surface area contributed by atoms with Crippen molar-refractivity contribution in [3.8, 4) is 5.75 Å². The number of para-hydroxylation sites is 1. The highest BCUT2D eigenvalue weighted by molar-refractivity contribution is 5.93. The molecule has 2 aromatic rings. The van der Waals surface area contributed by atoms with Crippen molar-refractivity contribution in [2.75, 3.05) is 11.9 Å². The monoisotopic (exact) mass is 381 g/mol. The summed E-state index contributed by atoms with van der Waals surface area (Å²) in [4.78, 5) is 24.4. The van der Waals surface area contributed by atoms with E-state index in [1.807, 2.05) is 32.0 Å². The molecule has 0 unspecified atom stereocenters. The molecule has 0 aromatic heterocycles. The van der Waals surface area contributed by atoms with E-state index < -0.39 is 0 Å². The number of anilines is 1. The molecule has 0 atom stereocenters. The SMILES string of the molecule is Cc1cccc(C)c1OCC(=O)Nc1ccc(C(=O)OC2CCCCC2)cc1. The number of ether oxygens (including phenoxy) is 2. The minimum atomic E-state index is -0.303. The summed E-state index contributed by atoms with van der Waals surface area (Å²) in [6.07, 6.45) is 5.37. The summed E-state index contributed by atoms with van der Waals surface area (Å²) in [7, 11) is 0. The number of aryl methyl sites for hydroxylation is 2. The molecule has 0 aliphatic heterocycles. The number of rotatable bonds is 6. The minimum Gasteiger partial charge on any atom is -0.483 e. The molecule has 1 fully saturated rings. The Morgan fingerprint density at radius 2 is 1.61 bits per heavy atom. The molecule has 1 N–H and O–H groups in total. The molecule has 0 bridgehead atoms. The van der Waals surface area contributed by atoms with E-state index >= 15 is 0 Å². The predicted octanol–water partition coefficient (Wildman–Crippen LogP) is 4.81. The van der Waals surface area contributed by atoms with Gasteiger partial charge in [-0.25, -0.2) is 4.79 Å². The number of carbonyl (C=O) groups excluding carboxylic acids is 2. The van der Waals surface area contributed by atoms with Crippen LogP contribution >= 0.6 is 0 Å². The first-order valence-electron chi connectivity index (χ1n) is 9.83. The lowest BCUT2D eigenvalue weighted by Crippen LogP contribution is -2.21. The van der Waals surface area contributed by atoms with Gasteiger partial charge in [-0.1, -0.05) is 24.6 Å². The number of nitrogens with one attached hydrogen (secondary N) is 1. The largest absolute Gasteiger partial charge is 0.483 e. The van der Waals surface area contributed by atoms with E-state index in [1.54, 1.807) is 24.3 Å². The topological polar surface area (TPSA) is 64.6 Å². The molecule has 0 radical (unpaired) electrons. The van der Waals surface area contributed by atoms with Crippen molar-refractivity contribution in [2.45, 2.75) is 52.1 Å². The fraction of sp³-hybridized carbons (Fsp3) is 0.391. The molecule has 148 valence electrons. The third-order valence-electron chi connectivity index (χ3n) is 4.99. The molecule has 1 amide bonds. The van der Waals surface area contributed by atoms with Gasteiger partial charge in [-0.3, -0.25) is 4.79 Å². The summed E-state index contributed by atoms with van der Waals surface area (Å²) >= 11 is 0. The van der Waals surface area contributed by atoms with Crippen LogP contribution in [0.4, 0.5) is 5.69 Å². The second kappa shape index (κ2) is 9.40. The van der Waals surface area contributed by atoms with Gasteiger partial charge in [-0.05, 0) is 74.9 Å². The Morgan fingerprint density at radius 3 is 2.25 bits per heavy atom. The molecule has 28 heavy (non-hydrogen) atoms. The first-order chi connectivity index (χ1) is 13.5. The molecule has 5 nitrogen and oxygen atoms in total. The van der Waals surface area contributed by atoms with Gasteiger partial charge >= 0.3 is 5.97 Å². The number of carbonyl (C=O) groups is 2. The Morgan fingerprint density at radius 1 is 0.964 bits per heavy atom. The summed E-state index contributed by atoms with van der Waals surface area (Å²) < 4.78 is 11.2. The van der Waals surface area contributed by atoms with E-state index in [0.29, 0.717) is 11.3 Å². The standard InChI is InChI=1S/C23H27NO4/c1-16-7-6-8-17(2)22(16)27-15-21(25)24-19-13-11-18(12-14-19)23(26)28-20-9-4-3-5-10-20/h6-8,11-14,20H,3-5,9-10,15H2,1-2H3,(H,24,25). The molecule has 2 aromatic carbocycles. The van der Waals surface area contributed by atoms with Gasteiger partial charge in [0.15, 0.2) is 6.61 Å². The second-order valence-corrected chi connectivity index (χ2v) is 7.30. The molecular weight excluding hydrogens is 354 g/mol. The van der Waals surface area contributed by atoms with E-state index in [1.165, 1.54) is 6.42 Å². The van der Waals surface area contributed by atoms with Crippen LogP contribution in [0.3, 0.4) is 0 Å². The van der Waals surface area contributed by atoms with Gasteiger partial charge in [0.25, 0.3) is 5.91 Å². The van der Waals surface area contributed by atoms with E-state index in [4.69, 9.17) is 9.47 Å². The maximum Gasteiger partial charge on any atom is 0.338 e. The number of hydrogen-bond acceptors (Lipinski definition) is 4. The van der Waals surface area contributed by atoms with Crippen LogP contribution < -0.4 is 10.1 Å². The van der Waals surface area contributed by atoms with Crippen LogP contribution in [0.15, 0.2) is 42.5 Å². The van der Waals surface area contributed by atoms with Gasteiger partial charge in [0, 0.05) is 5.69 Å². The van der Waals surface area contributed by atoms with Crippen LogP contribution in [0.25, 0.3) is 0 Å². The first-order valence-corrected chi connectivity index (χ1v) is 9.83. The van der Waals surface area contributed by atoms with Gasteiger partial charge in [0.05, 0.1) is 5.56 Å². The lowest BCUT2D eigenvalue weighted by atomic mass is 9.98. The highest BCUT2D eigenvalue weighted by atomic mass is 16.5. The Kier molecular flexibility index (Phi) is 6.69. The third kappa shape index (κ3) is 5.35. The van der Waals surface area contributed by atoms with E-state index in [9.17, 15) is 9.59 Å². The van der Waals surface area contributed by atoms with Crippen molar-refractivity contribution in [3.63, 3.8) is 0 Å². The summed E-state index contributed by atoms with van der Waals surface area (Å²) in [5, 5.41) is 2.78. The highest BCUT2D eigenvalue weighted by Gasteiger charge is 2.18. The first kappa shape index (κ1) is 19.9. The molecule has 1 saturated carbocycles. The summed E-state index contributed by atoms with van der Waals surface area (Å²) in [5.74, 6) is 0.182. The van der Waals surface area contributed by atoms with Gasteiger partial charge in [-0.15, -0.1) is 0 Å². The maximum absolute atomic E-state index is 12.2. The van der Waals surface area contributed by atoms with Crippen LogP contribution in [0.5, 0.6) is 5.75 Å². The molecule has 0 saturated heterocycles. The second-order valence-electron chi connectivity index (χ2n) is 7.30. The van der Waals surface area contributed by atoms with Crippen LogP contribution in [0.2, 0.25) is 0 Å². The fourth-order valence-electron chi connectivity index (χ4n) is 3.45. The Bertz CT molecular complexity index is 803. The average molecular weight is 381 g/mol. The molecule has 3 rings (SSSR count). The highest BCUT2D eigenvalue weighted by Crippen LogP contribution is 2.23.